The summed E-state index contributed by atoms with van der Waals surface area (Å²) in [7, 11) is 0. The van der Waals surface area contributed by atoms with Crippen LogP contribution in [0.3, 0.4) is 0 Å². The Bertz CT molecular complexity index is 712. The van der Waals surface area contributed by atoms with Crippen molar-refractivity contribution in [2.24, 2.45) is 0 Å². The van der Waals surface area contributed by atoms with Gasteiger partial charge in [0.15, 0.2) is 11.7 Å². The molecule has 0 aliphatic rings. The number of carboxylic acids is 1. The van der Waals surface area contributed by atoms with Crippen LogP contribution in [0.4, 0.5) is 5.13 Å². The number of aliphatic carboxylic acids is 1. The van der Waals surface area contributed by atoms with Gasteiger partial charge in [-0.15, -0.1) is 11.3 Å². The van der Waals surface area contributed by atoms with Crippen LogP contribution in [-0.4, -0.2) is 28.6 Å². The van der Waals surface area contributed by atoms with Crippen molar-refractivity contribution in [2.75, 3.05) is 11.9 Å². The Kier molecular flexibility index (Phi) is 5.70. The van der Waals surface area contributed by atoms with Crippen molar-refractivity contribution in [1.82, 2.24) is 4.98 Å². The van der Waals surface area contributed by atoms with Crippen LogP contribution in [0.15, 0.2) is 24.3 Å². The molecular formula is C16H18N2O4S. The number of hydrogen-bond acceptors (Lipinski definition) is 5. The van der Waals surface area contributed by atoms with Crippen molar-refractivity contribution in [3.05, 3.63) is 40.4 Å². The molecule has 0 saturated carbocycles. The maximum absolute atomic E-state index is 11.9. The van der Waals surface area contributed by atoms with E-state index < -0.39 is 5.97 Å². The van der Waals surface area contributed by atoms with E-state index in [-0.39, 0.29) is 18.9 Å². The maximum atomic E-state index is 11.9. The molecule has 122 valence electrons. The van der Waals surface area contributed by atoms with Crippen LogP contribution in [0, 0.1) is 6.92 Å². The van der Waals surface area contributed by atoms with E-state index in [9.17, 15) is 9.59 Å². The second-order valence-electron chi connectivity index (χ2n) is 4.94. The minimum Gasteiger partial charge on any atom is -0.484 e. The lowest BCUT2D eigenvalue weighted by Gasteiger charge is -2.07. The van der Waals surface area contributed by atoms with Gasteiger partial charge in [0.2, 0.25) is 0 Å². The highest BCUT2D eigenvalue weighted by Crippen LogP contribution is 2.23. The summed E-state index contributed by atoms with van der Waals surface area (Å²) < 4.78 is 5.45. The van der Waals surface area contributed by atoms with Gasteiger partial charge in [-0.1, -0.05) is 19.1 Å². The Balaban J connectivity index is 1.90. The minimum absolute atomic E-state index is 0.0975. The molecule has 0 aliphatic carbocycles. The molecular weight excluding hydrogens is 316 g/mol. The van der Waals surface area contributed by atoms with E-state index in [1.54, 1.807) is 13.0 Å². The zero-order chi connectivity index (χ0) is 16.8. The zero-order valence-electron chi connectivity index (χ0n) is 13.0. The van der Waals surface area contributed by atoms with Gasteiger partial charge in [0.05, 0.1) is 12.1 Å². The molecule has 1 heterocycles. The van der Waals surface area contributed by atoms with Crippen LogP contribution in [0.1, 0.15) is 23.1 Å². The van der Waals surface area contributed by atoms with Crippen LogP contribution < -0.4 is 10.1 Å². The first kappa shape index (κ1) is 17.0. The van der Waals surface area contributed by atoms with Gasteiger partial charge in [0.25, 0.3) is 5.91 Å². The predicted molar refractivity (Wildman–Crippen MR) is 88.1 cm³/mol. The van der Waals surface area contributed by atoms with E-state index in [1.807, 2.05) is 25.1 Å². The third-order valence-corrected chi connectivity index (χ3v) is 4.20. The van der Waals surface area contributed by atoms with Crippen LogP contribution in [0.2, 0.25) is 0 Å². The number of benzene rings is 1. The summed E-state index contributed by atoms with van der Waals surface area (Å²) in [5.74, 6) is -0.613. The molecule has 0 fully saturated rings. The van der Waals surface area contributed by atoms with Crippen molar-refractivity contribution in [1.29, 1.82) is 0 Å². The Labute approximate surface area is 138 Å². The van der Waals surface area contributed by atoms with Gasteiger partial charge in [0, 0.05) is 4.88 Å². The second-order valence-corrected chi connectivity index (χ2v) is 6.02. The number of aryl methyl sites for hydroxylation is 2. The smallest absolute Gasteiger partial charge is 0.308 e. The van der Waals surface area contributed by atoms with E-state index in [0.717, 1.165) is 23.3 Å². The van der Waals surface area contributed by atoms with Crippen LogP contribution in [-0.2, 0) is 22.4 Å². The number of carbonyl (C=O) groups excluding carboxylic acids is 1. The highest BCUT2D eigenvalue weighted by atomic mass is 32.1. The second kappa shape index (κ2) is 7.73. The first-order chi connectivity index (χ1) is 11.0. The zero-order valence-corrected chi connectivity index (χ0v) is 13.8. The molecule has 2 N–H and O–H groups in total. The standard InChI is InChI=1S/C16H18N2O4S/c1-3-11-5-4-6-12(7-11)22-9-14(19)18-16-17-10(2)13(23-16)8-15(20)21/h4-7H,3,8-9H2,1-2H3,(H,20,21)(H,17,18,19). The van der Waals surface area contributed by atoms with Gasteiger partial charge in [-0.05, 0) is 31.0 Å². The van der Waals surface area contributed by atoms with Crippen molar-refractivity contribution in [2.45, 2.75) is 26.7 Å². The molecule has 23 heavy (non-hydrogen) atoms. The fourth-order valence-electron chi connectivity index (χ4n) is 1.94. The van der Waals surface area contributed by atoms with Gasteiger partial charge in [0.1, 0.15) is 5.75 Å². The number of anilines is 1. The summed E-state index contributed by atoms with van der Waals surface area (Å²) >= 11 is 1.16. The molecule has 7 heteroatoms. The first-order valence-corrected chi connectivity index (χ1v) is 7.99. The highest BCUT2D eigenvalue weighted by molar-refractivity contribution is 7.16. The van der Waals surface area contributed by atoms with Gasteiger partial charge >= 0.3 is 5.97 Å². The van der Waals surface area contributed by atoms with E-state index in [1.165, 1.54) is 0 Å². The topological polar surface area (TPSA) is 88.5 Å². The predicted octanol–water partition coefficient (Wildman–Crippen LogP) is 2.66. The first-order valence-electron chi connectivity index (χ1n) is 7.17. The van der Waals surface area contributed by atoms with Gasteiger partial charge < -0.3 is 9.84 Å². The lowest BCUT2D eigenvalue weighted by Crippen LogP contribution is -2.20. The summed E-state index contributed by atoms with van der Waals surface area (Å²) in [6.07, 6.45) is 0.799. The number of rotatable bonds is 7. The van der Waals surface area contributed by atoms with E-state index >= 15 is 0 Å². The number of hydrogen-bond donors (Lipinski definition) is 2. The van der Waals surface area contributed by atoms with Crippen LogP contribution in [0.5, 0.6) is 5.75 Å². The Morgan fingerprint density at radius 3 is 2.87 bits per heavy atom. The fourth-order valence-corrected chi connectivity index (χ4v) is 2.91. The molecule has 2 rings (SSSR count). The summed E-state index contributed by atoms with van der Waals surface area (Å²) in [5.41, 5.74) is 1.75. The molecule has 0 unspecified atom stereocenters. The average molecular weight is 334 g/mol. The third-order valence-electron chi connectivity index (χ3n) is 3.13. The lowest BCUT2D eigenvalue weighted by atomic mass is 10.2. The summed E-state index contributed by atoms with van der Waals surface area (Å²) in [6, 6.07) is 7.57. The van der Waals surface area contributed by atoms with Gasteiger partial charge in [-0.3, -0.25) is 14.9 Å². The Morgan fingerprint density at radius 1 is 1.39 bits per heavy atom. The largest absolute Gasteiger partial charge is 0.484 e. The molecule has 0 atom stereocenters. The van der Waals surface area contributed by atoms with E-state index in [4.69, 9.17) is 9.84 Å². The third kappa shape index (κ3) is 5.07. The Hall–Kier alpha value is -2.41. The van der Waals surface area contributed by atoms with Crippen molar-refractivity contribution in [3.8, 4) is 5.75 Å². The Morgan fingerprint density at radius 2 is 2.17 bits per heavy atom. The fraction of sp³-hybridized carbons (Fsp3) is 0.312. The lowest BCUT2D eigenvalue weighted by molar-refractivity contribution is -0.136. The molecule has 2 aromatic rings. The number of aromatic nitrogens is 1. The molecule has 1 aromatic carbocycles. The number of ether oxygens (including phenoxy) is 1. The number of nitrogens with zero attached hydrogens (tertiary/aromatic N) is 1. The molecule has 6 nitrogen and oxygen atoms in total. The van der Waals surface area contributed by atoms with Crippen LogP contribution >= 0.6 is 11.3 Å². The quantitative estimate of drug-likeness (QED) is 0.812. The van der Waals surface area contributed by atoms with Crippen molar-refractivity contribution >= 4 is 28.3 Å². The number of thiazole rings is 1. The monoisotopic (exact) mass is 334 g/mol. The maximum Gasteiger partial charge on any atom is 0.308 e. The molecule has 0 spiro atoms. The molecule has 1 aromatic heterocycles. The SMILES string of the molecule is CCc1cccc(OCC(=O)Nc2nc(C)c(CC(=O)O)s2)c1. The number of carbonyl (C=O) groups is 2. The van der Waals surface area contributed by atoms with Crippen LogP contribution in [0.25, 0.3) is 0 Å². The highest BCUT2D eigenvalue weighted by Gasteiger charge is 2.13. The minimum atomic E-state index is -0.922. The van der Waals surface area contributed by atoms with E-state index in [2.05, 4.69) is 10.3 Å². The van der Waals surface area contributed by atoms with Gasteiger partial charge in [-0.25, -0.2) is 4.98 Å². The summed E-state index contributed by atoms with van der Waals surface area (Å²) in [5, 5.41) is 11.8. The summed E-state index contributed by atoms with van der Waals surface area (Å²) in [4.78, 5) is 27.4. The molecule has 1 amide bonds. The average Bonchev–Trinajstić information content (AvgIpc) is 2.84. The molecule has 0 bridgehead atoms. The van der Waals surface area contributed by atoms with Crippen molar-refractivity contribution in [3.63, 3.8) is 0 Å². The molecule has 0 saturated heterocycles. The summed E-state index contributed by atoms with van der Waals surface area (Å²) in [6.45, 7) is 3.64. The normalized spacial score (nSPS) is 10.3. The number of amides is 1. The molecule has 0 aliphatic heterocycles. The number of carboxylic acid groups (broad SMARTS) is 1. The van der Waals surface area contributed by atoms with Gasteiger partial charge in [-0.2, -0.15) is 0 Å². The number of nitrogens with one attached hydrogen (secondary N) is 1. The van der Waals surface area contributed by atoms with Crippen molar-refractivity contribution < 1.29 is 19.4 Å². The van der Waals surface area contributed by atoms with E-state index in [0.29, 0.717) is 21.5 Å². The molecule has 0 radical (unpaired) electrons.